The second-order valence-corrected chi connectivity index (χ2v) is 4.24. The summed E-state index contributed by atoms with van der Waals surface area (Å²) >= 11 is 0. The first-order chi connectivity index (χ1) is 8.56. The number of aliphatic hydroxyl groups excluding tert-OH is 2. The predicted molar refractivity (Wildman–Crippen MR) is 70.4 cm³/mol. The minimum Gasteiger partial charge on any atom is -0.390 e. The second kappa shape index (κ2) is 6.86. The van der Waals surface area contributed by atoms with E-state index in [9.17, 15) is 10.2 Å². The minimum absolute atomic E-state index is 0.171. The summed E-state index contributed by atoms with van der Waals surface area (Å²) in [5, 5.41) is 23.0. The maximum absolute atomic E-state index is 9.92. The van der Waals surface area contributed by atoms with Gasteiger partial charge in [-0.1, -0.05) is 17.2 Å². The summed E-state index contributed by atoms with van der Waals surface area (Å²) in [6.07, 6.45) is -1.66. The highest BCUT2D eigenvalue weighted by molar-refractivity contribution is 5.46. The fourth-order valence-electron chi connectivity index (χ4n) is 1.58. The molecular weight excluding hydrogens is 232 g/mol. The molecule has 0 spiro atoms. The van der Waals surface area contributed by atoms with Gasteiger partial charge in [0.1, 0.15) is 6.10 Å². The number of rotatable bonds is 6. The van der Waals surface area contributed by atoms with Crippen LogP contribution >= 0.6 is 0 Å². The van der Waals surface area contributed by atoms with Crippen molar-refractivity contribution < 1.29 is 10.2 Å². The molecule has 2 N–H and O–H groups in total. The molecule has 18 heavy (non-hydrogen) atoms. The van der Waals surface area contributed by atoms with Crippen molar-refractivity contribution in [2.45, 2.75) is 18.6 Å². The van der Waals surface area contributed by atoms with Crippen molar-refractivity contribution in [3.8, 4) is 0 Å². The third-order valence-electron chi connectivity index (χ3n) is 2.70. The van der Waals surface area contributed by atoms with Crippen LogP contribution in [-0.2, 0) is 0 Å². The fourth-order valence-corrected chi connectivity index (χ4v) is 1.58. The molecule has 0 aliphatic carbocycles. The fraction of sp³-hybridized carbons (Fsp3) is 0.500. The molecule has 0 aromatic heterocycles. The zero-order valence-corrected chi connectivity index (χ0v) is 10.6. The Morgan fingerprint density at radius 1 is 1.28 bits per heavy atom. The van der Waals surface area contributed by atoms with Gasteiger partial charge in [-0.05, 0) is 29.6 Å². The van der Waals surface area contributed by atoms with E-state index in [0.29, 0.717) is 5.56 Å². The molecule has 1 aromatic rings. The highest BCUT2D eigenvalue weighted by atomic mass is 16.3. The van der Waals surface area contributed by atoms with Gasteiger partial charge in [-0.3, -0.25) is 0 Å². The summed E-state index contributed by atoms with van der Waals surface area (Å²) in [7, 11) is 3.86. The molecule has 1 rings (SSSR count). The average Bonchev–Trinajstić information content (AvgIpc) is 2.38. The van der Waals surface area contributed by atoms with Crippen LogP contribution in [0.15, 0.2) is 29.4 Å². The smallest absolute Gasteiger partial charge is 0.105 e. The molecule has 6 heteroatoms. The van der Waals surface area contributed by atoms with E-state index >= 15 is 0 Å². The Labute approximate surface area is 106 Å². The molecule has 0 saturated heterocycles. The van der Waals surface area contributed by atoms with Gasteiger partial charge in [0.2, 0.25) is 0 Å². The number of azide groups is 1. The third-order valence-corrected chi connectivity index (χ3v) is 2.70. The van der Waals surface area contributed by atoms with Crippen LogP contribution in [0.3, 0.4) is 0 Å². The largest absolute Gasteiger partial charge is 0.390 e. The number of aliphatic hydroxyl groups is 2. The maximum Gasteiger partial charge on any atom is 0.105 e. The normalized spacial score (nSPS) is 13.6. The number of nitrogens with zero attached hydrogens (tertiary/aromatic N) is 4. The molecule has 6 nitrogen and oxygen atoms in total. The van der Waals surface area contributed by atoms with Gasteiger partial charge in [0.05, 0.1) is 6.10 Å². The standard InChI is InChI=1S/C12H18N4O2/c1-16(2)10-5-3-9(4-6-10)12(18)11(17)7-8-14-15-13/h3-6,11-12,17-18H,7-8H2,1-2H3. The van der Waals surface area contributed by atoms with Gasteiger partial charge in [-0.2, -0.15) is 0 Å². The zero-order chi connectivity index (χ0) is 13.5. The van der Waals surface area contributed by atoms with Crippen molar-refractivity contribution in [2.24, 2.45) is 5.11 Å². The molecule has 0 radical (unpaired) electrons. The van der Waals surface area contributed by atoms with Crippen LogP contribution in [0.25, 0.3) is 10.4 Å². The van der Waals surface area contributed by atoms with Gasteiger partial charge in [0, 0.05) is 31.2 Å². The lowest BCUT2D eigenvalue weighted by Crippen LogP contribution is -2.19. The first-order valence-corrected chi connectivity index (χ1v) is 5.70. The average molecular weight is 250 g/mol. The first kappa shape index (κ1) is 14.3. The van der Waals surface area contributed by atoms with Crippen LogP contribution in [0.1, 0.15) is 18.1 Å². The van der Waals surface area contributed by atoms with Crippen LogP contribution in [0.5, 0.6) is 0 Å². The van der Waals surface area contributed by atoms with Gasteiger partial charge >= 0.3 is 0 Å². The Hall–Kier alpha value is -1.75. The molecule has 0 aliphatic heterocycles. The lowest BCUT2D eigenvalue weighted by molar-refractivity contribution is 0.0150. The van der Waals surface area contributed by atoms with E-state index in [1.54, 1.807) is 12.1 Å². The monoisotopic (exact) mass is 250 g/mol. The quantitative estimate of drug-likeness (QED) is 0.458. The van der Waals surface area contributed by atoms with Crippen LogP contribution in [0, 0.1) is 0 Å². The number of benzene rings is 1. The summed E-state index contributed by atoms with van der Waals surface area (Å²) in [5.41, 5.74) is 9.80. The van der Waals surface area contributed by atoms with E-state index in [1.165, 1.54) is 0 Å². The SMILES string of the molecule is CN(C)c1ccc(C(O)C(O)CCN=[N+]=[N-])cc1. The third kappa shape index (κ3) is 3.92. The van der Waals surface area contributed by atoms with Crippen molar-refractivity contribution in [3.05, 3.63) is 40.3 Å². The van der Waals surface area contributed by atoms with Crippen LogP contribution in [0.2, 0.25) is 0 Å². The minimum atomic E-state index is -0.963. The van der Waals surface area contributed by atoms with Crippen molar-refractivity contribution >= 4 is 5.69 Å². The highest BCUT2D eigenvalue weighted by Gasteiger charge is 2.17. The maximum atomic E-state index is 9.92. The van der Waals surface area contributed by atoms with E-state index in [2.05, 4.69) is 10.0 Å². The number of anilines is 1. The van der Waals surface area contributed by atoms with Crippen LogP contribution in [0.4, 0.5) is 5.69 Å². The topological polar surface area (TPSA) is 92.5 Å². The van der Waals surface area contributed by atoms with Crippen LogP contribution in [-0.4, -0.2) is 37.0 Å². The van der Waals surface area contributed by atoms with E-state index < -0.39 is 12.2 Å². The molecule has 2 atom stereocenters. The summed E-state index contributed by atoms with van der Waals surface area (Å²) in [6.45, 7) is 0.171. The number of hydrogen-bond donors (Lipinski definition) is 2. The Bertz CT molecular complexity index is 413. The summed E-state index contributed by atoms with van der Waals surface area (Å²) in [4.78, 5) is 4.55. The molecule has 0 fully saturated rings. The highest BCUT2D eigenvalue weighted by Crippen LogP contribution is 2.21. The van der Waals surface area contributed by atoms with E-state index in [0.717, 1.165) is 5.69 Å². The lowest BCUT2D eigenvalue weighted by atomic mass is 10.0. The molecule has 0 amide bonds. The van der Waals surface area contributed by atoms with Gasteiger partial charge in [0.25, 0.3) is 0 Å². The van der Waals surface area contributed by atoms with Gasteiger partial charge in [0.15, 0.2) is 0 Å². The Morgan fingerprint density at radius 3 is 2.39 bits per heavy atom. The summed E-state index contributed by atoms with van der Waals surface area (Å²) in [6, 6.07) is 7.30. The molecule has 1 aromatic carbocycles. The van der Waals surface area contributed by atoms with Gasteiger partial charge in [-0.15, -0.1) is 0 Å². The molecule has 0 saturated carbocycles. The van der Waals surface area contributed by atoms with Crippen LogP contribution < -0.4 is 4.90 Å². The zero-order valence-electron chi connectivity index (χ0n) is 10.6. The van der Waals surface area contributed by atoms with Gasteiger partial charge < -0.3 is 15.1 Å². The molecule has 0 heterocycles. The lowest BCUT2D eigenvalue weighted by Gasteiger charge is -2.19. The molecule has 0 aliphatic rings. The summed E-state index contributed by atoms with van der Waals surface area (Å²) < 4.78 is 0. The van der Waals surface area contributed by atoms with Crippen molar-refractivity contribution in [1.29, 1.82) is 0 Å². The van der Waals surface area contributed by atoms with E-state index in [-0.39, 0.29) is 13.0 Å². The van der Waals surface area contributed by atoms with Crippen molar-refractivity contribution in [1.82, 2.24) is 0 Å². The summed E-state index contributed by atoms with van der Waals surface area (Å²) in [5.74, 6) is 0. The molecule has 2 unspecified atom stereocenters. The van der Waals surface area contributed by atoms with E-state index in [1.807, 2.05) is 31.1 Å². The molecular formula is C12H18N4O2. The second-order valence-electron chi connectivity index (χ2n) is 4.24. The Morgan fingerprint density at radius 2 is 1.89 bits per heavy atom. The van der Waals surface area contributed by atoms with Gasteiger partial charge in [-0.25, -0.2) is 0 Å². The molecule has 98 valence electrons. The first-order valence-electron chi connectivity index (χ1n) is 5.70. The molecule has 0 bridgehead atoms. The Balaban J connectivity index is 2.65. The van der Waals surface area contributed by atoms with Crippen molar-refractivity contribution in [2.75, 3.05) is 25.5 Å². The Kier molecular flexibility index (Phi) is 5.45. The van der Waals surface area contributed by atoms with Crippen molar-refractivity contribution in [3.63, 3.8) is 0 Å². The van der Waals surface area contributed by atoms with E-state index in [4.69, 9.17) is 5.53 Å². The predicted octanol–water partition coefficient (Wildman–Crippen LogP) is 1.85. The number of hydrogen-bond acceptors (Lipinski definition) is 4.